The van der Waals surface area contributed by atoms with E-state index in [1.54, 1.807) is 24.4 Å². The van der Waals surface area contributed by atoms with Crippen LogP contribution in [0.2, 0.25) is 0 Å². The highest BCUT2D eigenvalue weighted by Gasteiger charge is 2.45. The quantitative estimate of drug-likeness (QED) is 0.339. The molecular weight excluding hydrogens is 534 g/mol. The molecule has 4 saturated heterocycles. The monoisotopic (exact) mass is 566 g/mol. The molecule has 2 aromatic heterocycles. The van der Waals surface area contributed by atoms with Crippen molar-refractivity contribution < 1.29 is 13.5 Å². The topological polar surface area (TPSA) is 66.4 Å². The van der Waals surface area contributed by atoms with E-state index in [2.05, 4.69) is 31.0 Å². The summed E-state index contributed by atoms with van der Waals surface area (Å²) in [5, 5.41) is 5.36. The highest BCUT2D eigenvalue weighted by Crippen LogP contribution is 2.40. The van der Waals surface area contributed by atoms with Gasteiger partial charge >= 0.3 is 6.01 Å². The average Bonchev–Trinajstić information content (AvgIpc) is 3.69. The maximum absolute atomic E-state index is 16.7. The molecule has 0 spiro atoms. The fourth-order valence-electron chi connectivity index (χ4n) is 7.84. The summed E-state index contributed by atoms with van der Waals surface area (Å²) >= 11 is 0. The van der Waals surface area contributed by atoms with Gasteiger partial charge in [-0.1, -0.05) is 30.2 Å². The molecule has 2 aromatic carbocycles. The van der Waals surface area contributed by atoms with E-state index >= 15 is 4.39 Å². The summed E-state index contributed by atoms with van der Waals surface area (Å²) in [6.07, 6.45) is 14.1. The van der Waals surface area contributed by atoms with Crippen molar-refractivity contribution in [1.29, 1.82) is 0 Å². The zero-order chi connectivity index (χ0) is 28.4. The highest BCUT2D eigenvalue weighted by atomic mass is 19.1. The van der Waals surface area contributed by atoms with Gasteiger partial charge in [0, 0.05) is 42.3 Å². The Hall–Kier alpha value is -3.87. The molecule has 0 amide bonds. The lowest BCUT2D eigenvalue weighted by molar-refractivity contribution is 0.108. The summed E-state index contributed by atoms with van der Waals surface area (Å²) in [6.45, 7) is 4.21. The number of piperazine rings is 1. The van der Waals surface area contributed by atoms with Gasteiger partial charge in [-0.25, -0.2) is 8.78 Å². The maximum atomic E-state index is 16.7. The number of hydrogen-bond acceptors (Lipinski definition) is 7. The highest BCUT2D eigenvalue weighted by molar-refractivity contribution is 6.02. The minimum atomic E-state index is -0.597. The van der Waals surface area contributed by atoms with Crippen molar-refractivity contribution >= 4 is 27.5 Å². The second kappa shape index (κ2) is 9.85. The Kier molecular flexibility index (Phi) is 6.06. The second-order valence-electron chi connectivity index (χ2n) is 12.2. The SMILES string of the molecule is C#Cc1c(F)ccc2cccc(-c3ncc4c(N5CC6CCC(C5)N6)nc(OCC56CCCN5CCC6)nc4c3F)c12. The third kappa shape index (κ3) is 4.03. The molecule has 0 aliphatic carbocycles. The lowest BCUT2D eigenvalue weighted by atomic mass is 9.95. The van der Waals surface area contributed by atoms with Gasteiger partial charge < -0.3 is 15.0 Å². The number of rotatable bonds is 5. The number of nitrogens with zero attached hydrogens (tertiary/aromatic N) is 5. The molecule has 4 aliphatic heterocycles. The van der Waals surface area contributed by atoms with Crippen LogP contribution in [0.15, 0.2) is 36.5 Å². The molecule has 0 saturated carbocycles. The summed E-state index contributed by atoms with van der Waals surface area (Å²) in [5.41, 5.74) is 0.739. The lowest BCUT2D eigenvalue weighted by Crippen LogP contribution is -2.51. The van der Waals surface area contributed by atoms with Crippen LogP contribution in [0.5, 0.6) is 6.01 Å². The van der Waals surface area contributed by atoms with Crippen molar-refractivity contribution in [3.8, 4) is 29.6 Å². The van der Waals surface area contributed by atoms with Gasteiger partial charge in [-0.2, -0.15) is 9.97 Å². The lowest BCUT2D eigenvalue weighted by Gasteiger charge is -2.34. The number of terminal acetylenes is 1. The normalized spacial score (nSPS) is 23.0. The smallest absolute Gasteiger partial charge is 0.319 e. The number of pyridine rings is 1. The number of fused-ring (bicyclic) bond motifs is 5. The molecule has 7 nitrogen and oxygen atoms in total. The Morgan fingerprint density at radius 1 is 1.05 bits per heavy atom. The molecule has 4 aliphatic rings. The summed E-state index contributed by atoms with van der Waals surface area (Å²) in [6, 6.07) is 9.25. The molecule has 42 heavy (non-hydrogen) atoms. The van der Waals surface area contributed by atoms with Crippen LogP contribution in [0, 0.1) is 24.0 Å². The van der Waals surface area contributed by atoms with Crippen molar-refractivity contribution in [2.75, 3.05) is 37.7 Å². The first kappa shape index (κ1) is 25.8. The van der Waals surface area contributed by atoms with Crippen LogP contribution >= 0.6 is 0 Å². The van der Waals surface area contributed by atoms with Crippen molar-refractivity contribution in [1.82, 2.24) is 25.2 Å². The van der Waals surface area contributed by atoms with E-state index in [9.17, 15) is 4.39 Å². The van der Waals surface area contributed by atoms with E-state index in [-0.39, 0.29) is 28.3 Å². The zero-order valence-corrected chi connectivity index (χ0v) is 23.4. The van der Waals surface area contributed by atoms with Gasteiger partial charge in [0.2, 0.25) is 0 Å². The van der Waals surface area contributed by atoms with E-state index in [1.807, 2.05) is 6.07 Å². The van der Waals surface area contributed by atoms with Crippen molar-refractivity contribution in [3.05, 3.63) is 53.7 Å². The number of halogens is 2. The minimum absolute atomic E-state index is 0.00718. The molecular formula is C33H32F2N6O. The molecule has 6 heterocycles. The third-order valence-corrected chi connectivity index (χ3v) is 9.83. The molecule has 8 rings (SSSR count). The fourth-order valence-corrected chi connectivity index (χ4v) is 7.84. The summed E-state index contributed by atoms with van der Waals surface area (Å²) < 4.78 is 37.8. The maximum Gasteiger partial charge on any atom is 0.319 e. The molecule has 2 atom stereocenters. The molecule has 2 bridgehead atoms. The molecule has 4 fully saturated rings. The van der Waals surface area contributed by atoms with Crippen molar-refractivity contribution in [2.24, 2.45) is 0 Å². The largest absolute Gasteiger partial charge is 0.461 e. The predicted molar refractivity (Wildman–Crippen MR) is 159 cm³/mol. The van der Waals surface area contributed by atoms with Gasteiger partial charge in [0.25, 0.3) is 0 Å². The first-order valence-corrected chi connectivity index (χ1v) is 15.0. The van der Waals surface area contributed by atoms with E-state index < -0.39 is 11.6 Å². The van der Waals surface area contributed by atoms with Crippen LogP contribution in [-0.2, 0) is 0 Å². The van der Waals surface area contributed by atoms with Crippen molar-refractivity contribution in [2.45, 2.75) is 56.1 Å². The molecule has 214 valence electrons. The molecule has 2 unspecified atom stereocenters. The van der Waals surface area contributed by atoms with Gasteiger partial charge in [-0.15, -0.1) is 6.42 Å². The van der Waals surface area contributed by atoms with E-state index in [0.717, 1.165) is 64.7 Å². The molecule has 4 aromatic rings. The Balaban J connectivity index is 1.27. The third-order valence-electron chi connectivity index (χ3n) is 9.83. The first-order chi connectivity index (χ1) is 20.5. The Morgan fingerprint density at radius 3 is 2.60 bits per heavy atom. The first-order valence-electron chi connectivity index (χ1n) is 15.0. The number of benzene rings is 2. The summed E-state index contributed by atoms with van der Waals surface area (Å²) in [5.74, 6) is 1.97. The van der Waals surface area contributed by atoms with E-state index in [0.29, 0.717) is 46.2 Å². The van der Waals surface area contributed by atoms with Gasteiger partial charge in [0.1, 0.15) is 29.5 Å². The minimum Gasteiger partial charge on any atom is -0.461 e. The van der Waals surface area contributed by atoms with Crippen molar-refractivity contribution in [3.63, 3.8) is 0 Å². The fraction of sp³-hybridized carbons (Fsp3) is 0.424. The second-order valence-corrected chi connectivity index (χ2v) is 12.2. The zero-order valence-electron chi connectivity index (χ0n) is 23.4. The van der Waals surface area contributed by atoms with Gasteiger partial charge in [0.15, 0.2) is 5.82 Å². The number of hydrogen-bond donors (Lipinski definition) is 1. The van der Waals surface area contributed by atoms with Crippen LogP contribution in [0.4, 0.5) is 14.6 Å². The number of aromatic nitrogens is 3. The van der Waals surface area contributed by atoms with Crippen LogP contribution < -0.4 is 15.0 Å². The molecule has 9 heteroatoms. The number of anilines is 1. The van der Waals surface area contributed by atoms with Gasteiger partial charge in [-0.3, -0.25) is 9.88 Å². The summed E-state index contributed by atoms with van der Waals surface area (Å²) in [7, 11) is 0. The van der Waals surface area contributed by atoms with Crippen LogP contribution in [-0.4, -0.2) is 70.3 Å². The van der Waals surface area contributed by atoms with Gasteiger partial charge in [0.05, 0.1) is 16.5 Å². The number of nitrogens with one attached hydrogen (secondary N) is 1. The molecule has 1 N–H and O–H groups in total. The average molecular weight is 567 g/mol. The Morgan fingerprint density at radius 2 is 1.83 bits per heavy atom. The number of ether oxygens (including phenoxy) is 1. The van der Waals surface area contributed by atoms with Crippen LogP contribution in [0.25, 0.3) is 32.9 Å². The van der Waals surface area contributed by atoms with Gasteiger partial charge in [-0.05, 0) is 63.1 Å². The summed E-state index contributed by atoms with van der Waals surface area (Å²) in [4.78, 5) is 18.9. The standard InChI is InChI=1S/C33H32F2N6O/c1-2-23-26(34)11-8-20-6-3-7-24(27(20)23)29-28(35)30-25(16-36-29)31(40-17-21-9-10-22(18-40)37-21)39-32(38-30)42-19-33-12-4-14-41(33)15-5-13-33/h1,3,6-8,11,16,21-22,37H,4-5,9-10,12-15,17-19H2. The molecule has 0 radical (unpaired) electrons. The Labute approximate surface area is 243 Å². The predicted octanol–water partition coefficient (Wildman–Crippen LogP) is 5.05. The van der Waals surface area contributed by atoms with E-state index in [1.165, 1.54) is 6.07 Å². The Bertz CT molecular complexity index is 1750. The van der Waals surface area contributed by atoms with Crippen LogP contribution in [0.1, 0.15) is 44.1 Å². The van der Waals surface area contributed by atoms with Crippen LogP contribution in [0.3, 0.4) is 0 Å². The van der Waals surface area contributed by atoms with E-state index in [4.69, 9.17) is 16.1 Å².